The number of morpholine rings is 1. The average molecular weight is 551 g/mol. The van der Waals surface area contributed by atoms with Crippen LogP contribution in [0.4, 0.5) is 5.82 Å². The highest BCUT2D eigenvalue weighted by Crippen LogP contribution is 2.31. The standard InChI is InChI=1S/C30H42N6O4/c31-28-24-9-8-22(17-23(24)10-11-33-28)19-35(20-27(37)34-13-15-40-16-14-34)26(18-21-5-2-1-3-6-21)30(39)36-12-4-7-25(36)29(32)38/h8-11,17,21,25-26H,1-7,12-16,18-20H2,(H2,31,33)(H2,32,38)/t25-,26+/m0/s1. The summed E-state index contributed by atoms with van der Waals surface area (Å²) < 4.78 is 5.46. The number of carbonyl (C=O) groups excluding carboxylic acids is 3. The molecule has 2 aromatic rings. The predicted molar refractivity (Wildman–Crippen MR) is 153 cm³/mol. The van der Waals surface area contributed by atoms with Crippen molar-refractivity contribution in [2.75, 3.05) is 45.1 Å². The Bertz CT molecular complexity index is 1210. The number of nitrogen functional groups attached to an aromatic ring is 1. The number of nitrogens with two attached hydrogens (primary N) is 2. The zero-order chi connectivity index (χ0) is 28.1. The summed E-state index contributed by atoms with van der Waals surface area (Å²) in [6, 6.07) is 6.82. The molecule has 1 saturated carbocycles. The Morgan fingerprint density at radius 3 is 2.55 bits per heavy atom. The summed E-state index contributed by atoms with van der Waals surface area (Å²) >= 11 is 0. The Balaban J connectivity index is 1.47. The van der Waals surface area contributed by atoms with Gasteiger partial charge in [0.2, 0.25) is 17.7 Å². The van der Waals surface area contributed by atoms with Gasteiger partial charge in [-0.1, -0.05) is 44.2 Å². The van der Waals surface area contributed by atoms with Crippen molar-refractivity contribution < 1.29 is 19.1 Å². The lowest BCUT2D eigenvalue weighted by Crippen LogP contribution is -2.55. The van der Waals surface area contributed by atoms with Crippen molar-refractivity contribution in [3.8, 4) is 0 Å². The number of primary amides is 1. The molecule has 3 fully saturated rings. The van der Waals surface area contributed by atoms with E-state index in [9.17, 15) is 14.4 Å². The number of ether oxygens (including phenoxy) is 1. The van der Waals surface area contributed by atoms with Crippen LogP contribution in [0.3, 0.4) is 0 Å². The van der Waals surface area contributed by atoms with Gasteiger partial charge < -0.3 is 26.0 Å². The molecule has 1 aromatic heterocycles. The van der Waals surface area contributed by atoms with Crippen LogP contribution < -0.4 is 11.5 Å². The summed E-state index contributed by atoms with van der Waals surface area (Å²) in [4.78, 5) is 49.8. The van der Waals surface area contributed by atoms with Crippen LogP contribution in [-0.4, -0.2) is 88.9 Å². The number of hydrogen-bond donors (Lipinski definition) is 2. The van der Waals surface area contributed by atoms with Gasteiger partial charge in [-0.3, -0.25) is 19.3 Å². The number of nitrogens with zero attached hydrogens (tertiary/aromatic N) is 4. The quantitative estimate of drug-likeness (QED) is 0.489. The van der Waals surface area contributed by atoms with Crippen molar-refractivity contribution in [1.29, 1.82) is 0 Å². The maximum atomic E-state index is 14.3. The van der Waals surface area contributed by atoms with Crippen LogP contribution in [0.1, 0.15) is 56.9 Å². The molecule has 0 bridgehead atoms. The second-order valence-corrected chi connectivity index (χ2v) is 11.5. The van der Waals surface area contributed by atoms with Gasteiger partial charge >= 0.3 is 0 Å². The minimum Gasteiger partial charge on any atom is -0.383 e. The first kappa shape index (κ1) is 28.3. The van der Waals surface area contributed by atoms with Crippen molar-refractivity contribution in [3.05, 3.63) is 36.0 Å². The number of anilines is 1. The molecule has 10 heteroatoms. The van der Waals surface area contributed by atoms with E-state index in [1.54, 1.807) is 11.1 Å². The van der Waals surface area contributed by atoms with E-state index >= 15 is 0 Å². The second-order valence-electron chi connectivity index (χ2n) is 11.5. The molecule has 1 aliphatic carbocycles. The second kappa shape index (κ2) is 13.0. The highest BCUT2D eigenvalue weighted by molar-refractivity contribution is 5.92. The molecule has 4 N–H and O–H groups in total. The molecule has 2 atom stereocenters. The maximum absolute atomic E-state index is 14.3. The van der Waals surface area contributed by atoms with E-state index in [4.69, 9.17) is 16.2 Å². The van der Waals surface area contributed by atoms with Gasteiger partial charge in [0, 0.05) is 37.8 Å². The van der Waals surface area contributed by atoms with Crippen LogP contribution in [-0.2, 0) is 25.7 Å². The highest BCUT2D eigenvalue weighted by Gasteiger charge is 2.40. The Morgan fingerprint density at radius 1 is 1.02 bits per heavy atom. The molecule has 10 nitrogen and oxygen atoms in total. The van der Waals surface area contributed by atoms with E-state index in [0.717, 1.165) is 48.4 Å². The van der Waals surface area contributed by atoms with Gasteiger partial charge in [0.15, 0.2) is 0 Å². The van der Waals surface area contributed by atoms with E-state index < -0.39 is 18.0 Å². The number of carbonyl (C=O) groups is 3. The first-order valence-corrected chi connectivity index (χ1v) is 14.7. The van der Waals surface area contributed by atoms with Crippen LogP contribution in [0.5, 0.6) is 0 Å². The van der Waals surface area contributed by atoms with Crippen molar-refractivity contribution in [3.63, 3.8) is 0 Å². The lowest BCUT2D eigenvalue weighted by molar-refractivity contribution is -0.145. The van der Waals surface area contributed by atoms with Crippen molar-refractivity contribution >= 4 is 34.3 Å². The molecular weight excluding hydrogens is 508 g/mol. The van der Waals surface area contributed by atoms with E-state index in [-0.39, 0.29) is 18.4 Å². The fourth-order valence-electron chi connectivity index (χ4n) is 6.61. The van der Waals surface area contributed by atoms with Crippen LogP contribution in [0.15, 0.2) is 30.5 Å². The molecule has 40 heavy (non-hydrogen) atoms. The summed E-state index contributed by atoms with van der Waals surface area (Å²) in [5.41, 5.74) is 12.8. The highest BCUT2D eigenvalue weighted by atomic mass is 16.5. The molecule has 1 aromatic carbocycles. The van der Waals surface area contributed by atoms with Gasteiger partial charge in [-0.25, -0.2) is 4.98 Å². The fourth-order valence-corrected chi connectivity index (χ4v) is 6.61. The molecule has 0 radical (unpaired) electrons. The summed E-state index contributed by atoms with van der Waals surface area (Å²) in [6.07, 6.45) is 9.40. The molecule has 3 amide bonds. The van der Waals surface area contributed by atoms with Gasteiger partial charge in [0.25, 0.3) is 0 Å². The number of rotatable bonds is 9. The lowest BCUT2D eigenvalue weighted by Gasteiger charge is -2.38. The van der Waals surface area contributed by atoms with Crippen LogP contribution in [0.25, 0.3) is 10.8 Å². The smallest absolute Gasteiger partial charge is 0.240 e. The first-order valence-electron chi connectivity index (χ1n) is 14.7. The number of benzene rings is 1. The summed E-state index contributed by atoms with van der Waals surface area (Å²) in [5.74, 6) is 0.322. The number of fused-ring (bicyclic) bond motifs is 1. The van der Waals surface area contributed by atoms with Gasteiger partial charge in [-0.05, 0) is 48.3 Å². The monoisotopic (exact) mass is 550 g/mol. The Morgan fingerprint density at radius 2 is 1.80 bits per heavy atom. The van der Waals surface area contributed by atoms with Gasteiger partial charge in [0.1, 0.15) is 11.9 Å². The normalized spacial score (nSPS) is 21.2. The van der Waals surface area contributed by atoms with E-state index in [1.165, 1.54) is 6.42 Å². The average Bonchev–Trinajstić information content (AvgIpc) is 3.47. The summed E-state index contributed by atoms with van der Waals surface area (Å²) in [5, 5.41) is 1.84. The van der Waals surface area contributed by atoms with Crippen LogP contribution >= 0.6 is 0 Å². The molecule has 2 saturated heterocycles. The fraction of sp³-hybridized carbons (Fsp3) is 0.600. The SMILES string of the molecule is NC(=O)[C@@H]1CCCN1C(=O)[C@@H](CC1CCCCC1)N(CC(=O)N1CCOCC1)Cc1ccc2c(N)nccc2c1. The maximum Gasteiger partial charge on any atom is 0.240 e. The van der Waals surface area contributed by atoms with E-state index in [1.807, 2.05) is 28.0 Å². The third-order valence-corrected chi connectivity index (χ3v) is 8.82. The molecule has 5 rings (SSSR count). The number of amides is 3. The minimum atomic E-state index is -0.589. The van der Waals surface area contributed by atoms with E-state index in [2.05, 4.69) is 11.1 Å². The number of aromatic nitrogens is 1. The van der Waals surface area contributed by atoms with Crippen LogP contribution in [0.2, 0.25) is 0 Å². The predicted octanol–water partition coefficient (Wildman–Crippen LogP) is 2.29. The number of hydrogen-bond acceptors (Lipinski definition) is 7. The summed E-state index contributed by atoms with van der Waals surface area (Å²) in [7, 11) is 0. The van der Waals surface area contributed by atoms with Gasteiger partial charge in [-0.15, -0.1) is 0 Å². The largest absolute Gasteiger partial charge is 0.383 e. The Labute approximate surface area is 236 Å². The zero-order valence-electron chi connectivity index (χ0n) is 23.3. The molecule has 216 valence electrons. The van der Waals surface area contributed by atoms with Crippen LogP contribution in [0, 0.1) is 5.92 Å². The molecule has 3 heterocycles. The third kappa shape index (κ3) is 6.55. The number of pyridine rings is 1. The van der Waals surface area contributed by atoms with Crippen molar-refractivity contribution in [1.82, 2.24) is 19.7 Å². The number of likely N-dealkylation sites (tertiary alicyclic amines) is 1. The van der Waals surface area contributed by atoms with E-state index in [0.29, 0.717) is 64.0 Å². The molecule has 0 unspecified atom stereocenters. The van der Waals surface area contributed by atoms with Gasteiger partial charge in [0.05, 0.1) is 25.8 Å². The Kier molecular flexibility index (Phi) is 9.16. The van der Waals surface area contributed by atoms with Crippen molar-refractivity contribution in [2.24, 2.45) is 11.7 Å². The van der Waals surface area contributed by atoms with Crippen molar-refractivity contribution in [2.45, 2.75) is 70.0 Å². The molecule has 3 aliphatic rings. The molecule has 0 spiro atoms. The van der Waals surface area contributed by atoms with Gasteiger partial charge in [-0.2, -0.15) is 0 Å². The topological polar surface area (TPSA) is 135 Å². The zero-order valence-corrected chi connectivity index (χ0v) is 23.3. The third-order valence-electron chi connectivity index (χ3n) is 8.82. The lowest BCUT2D eigenvalue weighted by atomic mass is 9.84. The minimum absolute atomic E-state index is 0.00755. The molecule has 2 aliphatic heterocycles. The molecular formula is C30H42N6O4. The first-order chi connectivity index (χ1) is 19.4. The summed E-state index contributed by atoms with van der Waals surface area (Å²) in [6.45, 7) is 3.19. The Hall–Kier alpha value is -3.24.